The molecule has 136 valence electrons. The van der Waals surface area contributed by atoms with E-state index in [1.807, 2.05) is 30.5 Å². The molecule has 1 aromatic carbocycles. The zero-order valence-electron chi connectivity index (χ0n) is 14.6. The highest BCUT2D eigenvalue weighted by atomic mass is 32.1. The minimum Gasteiger partial charge on any atom is -0.381 e. The van der Waals surface area contributed by atoms with Gasteiger partial charge in [-0.25, -0.2) is 9.50 Å². The van der Waals surface area contributed by atoms with Gasteiger partial charge >= 0.3 is 0 Å². The molecule has 1 aliphatic heterocycles. The van der Waals surface area contributed by atoms with E-state index >= 15 is 0 Å². The summed E-state index contributed by atoms with van der Waals surface area (Å²) in [6, 6.07) is 7.66. The summed E-state index contributed by atoms with van der Waals surface area (Å²) in [6.07, 6.45) is 4.12. The molecule has 0 radical (unpaired) electrons. The number of rotatable bonds is 5. The van der Waals surface area contributed by atoms with Crippen molar-refractivity contribution < 1.29 is 9.53 Å². The molecule has 0 aliphatic carbocycles. The van der Waals surface area contributed by atoms with Gasteiger partial charge in [0.2, 0.25) is 16.0 Å². The van der Waals surface area contributed by atoms with Crippen LogP contribution in [0.5, 0.6) is 0 Å². The molecule has 2 N–H and O–H groups in total. The van der Waals surface area contributed by atoms with E-state index in [0.29, 0.717) is 5.92 Å². The molecule has 7 nitrogen and oxygen atoms in total. The van der Waals surface area contributed by atoms with Gasteiger partial charge in [-0.2, -0.15) is 0 Å². The first-order valence-corrected chi connectivity index (χ1v) is 9.55. The first-order valence-electron chi connectivity index (χ1n) is 8.73. The molecule has 8 heteroatoms. The van der Waals surface area contributed by atoms with Crippen LogP contribution in [-0.4, -0.2) is 40.3 Å². The zero-order chi connectivity index (χ0) is 17.9. The van der Waals surface area contributed by atoms with Crippen LogP contribution in [0.2, 0.25) is 0 Å². The van der Waals surface area contributed by atoms with E-state index in [0.717, 1.165) is 59.6 Å². The third-order valence-corrected chi connectivity index (χ3v) is 5.28. The van der Waals surface area contributed by atoms with Crippen molar-refractivity contribution >= 4 is 33.0 Å². The maximum absolute atomic E-state index is 11.2. The number of nitrogens with one attached hydrogen (secondary N) is 2. The molecule has 3 aromatic rings. The molecule has 26 heavy (non-hydrogen) atoms. The lowest BCUT2D eigenvalue weighted by atomic mass is 10.0. The second-order valence-corrected chi connectivity index (χ2v) is 7.42. The van der Waals surface area contributed by atoms with Crippen molar-refractivity contribution in [2.75, 3.05) is 30.4 Å². The number of nitrogens with zero attached hydrogens (tertiary/aromatic N) is 3. The molecule has 4 rings (SSSR count). The zero-order valence-corrected chi connectivity index (χ0v) is 15.4. The molecule has 1 aliphatic rings. The summed E-state index contributed by atoms with van der Waals surface area (Å²) in [4.78, 5) is 16.7. The van der Waals surface area contributed by atoms with E-state index < -0.39 is 0 Å². The molecular weight excluding hydrogens is 350 g/mol. The second-order valence-electron chi connectivity index (χ2n) is 6.46. The highest BCUT2D eigenvalue weighted by molar-refractivity contribution is 7.20. The topological polar surface area (TPSA) is 80.6 Å². The summed E-state index contributed by atoms with van der Waals surface area (Å²) in [5.74, 6) is 0.557. The number of amides is 1. The van der Waals surface area contributed by atoms with Crippen molar-refractivity contribution in [3.63, 3.8) is 0 Å². The van der Waals surface area contributed by atoms with E-state index in [2.05, 4.69) is 20.7 Å². The molecule has 0 unspecified atom stereocenters. The minimum atomic E-state index is -0.0881. The van der Waals surface area contributed by atoms with Gasteiger partial charge in [-0.05, 0) is 30.9 Å². The number of anilines is 2. The lowest BCUT2D eigenvalue weighted by Gasteiger charge is -2.21. The average Bonchev–Trinajstić information content (AvgIpc) is 3.19. The lowest BCUT2D eigenvalue weighted by molar-refractivity contribution is -0.114. The Balaban J connectivity index is 1.47. The van der Waals surface area contributed by atoms with Gasteiger partial charge in [0, 0.05) is 37.9 Å². The smallest absolute Gasteiger partial charge is 0.221 e. The Bertz CT molecular complexity index is 882. The number of carbonyl (C=O) groups excluding carboxylic acids is 1. The highest BCUT2D eigenvalue weighted by Gasteiger charge is 2.15. The van der Waals surface area contributed by atoms with Crippen LogP contribution >= 0.6 is 11.3 Å². The van der Waals surface area contributed by atoms with Crippen LogP contribution in [0, 0.1) is 5.92 Å². The maximum Gasteiger partial charge on any atom is 0.221 e. The van der Waals surface area contributed by atoms with Crippen LogP contribution in [0.15, 0.2) is 30.5 Å². The Morgan fingerprint density at radius 1 is 1.38 bits per heavy atom. The quantitative estimate of drug-likeness (QED) is 0.720. The molecule has 3 heterocycles. The number of hydrogen-bond donors (Lipinski definition) is 2. The number of aromatic nitrogens is 3. The van der Waals surface area contributed by atoms with Gasteiger partial charge in [-0.15, -0.1) is 5.10 Å². The molecule has 2 aromatic heterocycles. The van der Waals surface area contributed by atoms with Gasteiger partial charge in [0.15, 0.2) is 0 Å². The number of benzene rings is 1. The Hall–Kier alpha value is -2.45. The van der Waals surface area contributed by atoms with Crippen molar-refractivity contribution in [1.29, 1.82) is 0 Å². The Morgan fingerprint density at radius 2 is 2.23 bits per heavy atom. The Labute approximate surface area is 155 Å². The van der Waals surface area contributed by atoms with E-state index in [-0.39, 0.29) is 5.91 Å². The summed E-state index contributed by atoms with van der Waals surface area (Å²) < 4.78 is 7.20. The van der Waals surface area contributed by atoms with Crippen molar-refractivity contribution in [2.45, 2.75) is 19.8 Å². The van der Waals surface area contributed by atoms with E-state index in [1.165, 1.54) is 6.92 Å². The highest BCUT2D eigenvalue weighted by Crippen LogP contribution is 2.26. The second kappa shape index (κ2) is 7.43. The number of carbonyl (C=O) groups is 1. The van der Waals surface area contributed by atoms with Gasteiger partial charge in [-0.3, -0.25) is 4.79 Å². The number of imidazole rings is 1. The fraction of sp³-hybridized carbons (Fsp3) is 0.389. The van der Waals surface area contributed by atoms with Crippen LogP contribution in [0.3, 0.4) is 0 Å². The summed E-state index contributed by atoms with van der Waals surface area (Å²) in [5.41, 5.74) is 2.55. The van der Waals surface area contributed by atoms with E-state index in [9.17, 15) is 4.79 Å². The van der Waals surface area contributed by atoms with E-state index in [1.54, 1.807) is 15.9 Å². The fourth-order valence-corrected chi connectivity index (χ4v) is 3.84. The van der Waals surface area contributed by atoms with Gasteiger partial charge in [0.05, 0.1) is 11.9 Å². The Kier molecular flexibility index (Phi) is 4.85. The van der Waals surface area contributed by atoms with Crippen LogP contribution in [-0.2, 0) is 9.53 Å². The van der Waals surface area contributed by atoms with Crippen LogP contribution in [0.25, 0.3) is 16.2 Å². The minimum absolute atomic E-state index is 0.0881. The first kappa shape index (κ1) is 17.0. The molecule has 0 bridgehead atoms. The average molecular weight is 371 g/mol. The monoisotopic (exact) mass is 371 g/mol. The van der Waals surface area contributed by atoms with Crippen LogP contribution in [0.4, 0.5) is 10.8 Å². The van der Waals surface area contributed by atoms with Gasteiger partial charge < -0.3 is 15.4 Å². The first-order chi connectivity index (χ1) is 12.7. The molecule has 0 atom stereocenters. The van der Waals surface area contributed by atoms with Crippen molar-refractivity contribution in [3.8, 4) is 11.3 Å². The molecule has 0 spiro atoms. The molecule has 1 amide bonds. The summed E-state index contributed by atoms with van der Waals surface area (Å²) in [6.45, 7) is 4.13. The molecule has 0 saturated carbocycles. The number of hydrogen-bond acceptors (Lipinski definition) is 6. The molecular formula is C18H21N5O2S. The SMILES string of the molecule is CC(=O)Nc1cccc(-c2cn3nc(NCC4CCOCC4)sc3n2)c1. The summed E-state index contributed by atoms with van der Waals surface area (Å²) in [5, 5.41) is 11.7. The van der Waals surface area contributed by atoms with Crippen LogP contribution < -0.4 is 10.6 Å². The largest absolute Gasteiger partial charge is 0.381 e. The molecule has 1 saturated heterocycles. The third kappa shape index (κ3) is 3.86. The standard InChI is InChI=1S/C18H21N5O2S/c1-12(24)20-15-4-2-3-14(9-15)16-11-23-18(21-16)26-17(22-23)19-10-13-5-7-25-8-6-13/h2-4,9,11,13H,5-8,10H2,1H3,(H,19,22)(H,20,24). The molecule has 1 fully saturated rings. The van der Waals surface area contributed by atoms with Gasteiger partial charge in [0.1, 0.15) is 0 Å². The van der Waals surface area contributed by atoms with Gasteiger partial charge in [0.25, 0.3) is 0 Å². The predicted molar refractivity (Wildman–Crippen MR) is 103 cm³/mol. The normalized spacial score (nSPS) is 15.3. The van der Waals surface area contributed by atoms with Crippen molar-refractivity contribution in [2.24, 2.45) is 5.92 Å². The Morgan fingerprint density at radius 3 is 3.00 bits per heavy atom. The lowest BCUT2D eigenvalue weighted by Crippen LogP contribution is -2.22. The van der Waals surface area contributed by atoms with Gasteiger partial charge in [-0.1, -0.05) is 23.5 Å². The van der Waals surface area contributed by atoms with Crippen molar-refractivity contribution in [3.05, 3.63) is 30.5 Å². The third-order valence-electron chi connectivity index (χ3n) is 4.40. The number of ether oxygens (including phenoxy) is 1. The number of fused-ring (bicyclic) bond motifs is 1. The summed E-state index contributed by atoms with van der Waals surface area (Å²) in [7, 11) is 0. The van der Waals surface area contributed by atoms with Crippen molar-refractivity contribution in [1.82, 2.24) is 14.6 Å². The fourth-order valence-electron chi connectivity index (χ4n) is 3.05. The maximum atomic E-state index is 11.2. The van der Waals surface area contributed by atoms with Crippen LogP contribution in [0.1, 0.15) is 19.8 Å². The predicted octanol–water partition coefficient (Wildman–Crippen LogP) is 3.25. The summed E-state index contributed by atoms with van der Waals surface area (Å²) >= 11 is 1.54. The van der Waals surface area contributed by atoms with E-state index in [4.69, 9.17) is 4.74 Å².